The van der Waals surface area contributed by atoms with Crippen LogP contribution in [0.4, 0.5) is 4.39 Å². The summed E-state index contributed by atoms with van der Waals surface area (Å²) in [6.07, 6.45) is 2.96. The molecule has 0 saturated heterocycles. The number of alkyl halides is 1. The zero-order valence-electron chi connectivity index (χ0n) is 7.91. The lowest BCUT2D eigenvalue weighted by atomic mass is 10.1. The predicted octanol–water partition coefficient (Wildman–Crippen LogP) is 3.05. The van der Waals surface area contributed by atoms with E-state index in [9.17, 15) is 9.18 Å². The van der Waals surface area contributed by atoms with E-state index >= 15 is 0 Å². The average molecular weight is 229 g/mol. The topological polar surface area (TPSA) is 37.3 Å². The fourth-order valence-corrected chi connectivity index (χ4v) is 1.29. The quantitative estimate of drug-likeness (QED) is 0.805. The van der Waals surface area contributed by atoms with Gasteiger partial charge in [-0.25, -0.2) is 4.39 Å². The van der Waals surface area contributed by atoms with Gasteiger partial charge >= 0.3 is 5.97 Å². The first-order chi connectivity index (χ1) is 7.13. The van der Waals surface area contributed by atoms with Crippen molar-refractivity contribution in [3.63, 3.8) is 0 Å². The molecule has 0 amide bonds. The third kappa shape index (κ3) is 3.72. The Morgan fingerprint density at radius 1 is 1.53 bits per heavy atom. The second-order valence-corrected chi connectivity index (χ2v) is 3.25. The molecule has 15 heavy (non-hydrogen) atoms. The maximum atomic E-state index is 13.2. The number of hydrogen-bond donors (Lipinski definition) is 1. The molecule has 0 bridgehead atoms. The van der Waals surface area contributed by atoms with Gasteiger partial charge in [-0.05, 0) is 11.6 Å². The Morgan fingerprint density at radius 2 is 2.27 bits per heavy atom. The van der Waals surface area contributed by atoms with Gasteiger partial charge in [0.15, 0.2) is 0 Å². The molecule has 80 valence electrons. The highest BCUT2D eigenvalue weighted by atomic mass is 35.5. The number of carboxylic acid groups (broad SMARTS) is 1. The Bertz CT molecular complexity index is 388. The van der Waals surface area contributed by atoms with Crippen molar-refractivity contribution in [1.29, 1.82) is 0 Å². The number of benzene rings is 1. The standard InChI is InChI=1S/C11H10ClFO2/c12-7-9-5-4-8(6-10(9)13)2-1-3-11(14)15/h1-2,4-6H,3,7H2,(H,14,15). The molecule has 0 aromatic heterocycles. The van der Waals surface area contributed by atoms with Gasteiger partial charge in [0.05, 0.1) is 12.3 Å². The summed E-state index contributed by atoms with van der Waals surface area (Å²) in [5.74, 6) is -1.16. The monoisotopic (exact) mass is 228 g/mol. The summed E-state index contributed by atoms with van der Waals surface area (Å²) >= 11 is 5.49. The predicted molar refractivity (Wildman–Crippen MR) is 57.2 cm³/mol. The van der Waals surface area contributed by atoms with Crippen molar-refractivity contribution in [3.8, 4) is 0 Å². The molecule has 0 saturated carbocycles. The minimum atomic E-state index is -0.913. The van der Waals surface area contributed by atoms with Gasteiger partial charge in [-0.15, -0.1) is 11.6 Å². The fraction of sp³-hybridized carbons (Fsp3) is 0.182. The van der Waals surface area contributed by atoms with E-state index in [2.05, 4.69) is 0 Å². The fourth-order valence-electron chi connectivity index (χ4n) is 1.07. The van der Waals surface area contributed by atoms with Crippen molar-refractivity contribution >= 4 is 23.6 Å². The Morgan fingerprint density at radius 3 is 2.80 bits per heavy atom. The van der Waals surface area contributed by atoms with Crippen LogP contribution in [0.3, 0.4) is 0 Å². The minimum Gasteiger partial charge on any atom is -0.481 e. The molecule has 0 aliphatic rings. The van der Waals surface area contributed by atoms with Gasteiger partial charge < -0.3 is 5.11 Å². The van der Waals surface area contributed by atoms with Crippen molar-refractivity contribution < 1.29 is 14.3 Å². The number of halogens is 2. The molecular weight excluding hydrogens is 219 g/mol. The highest BCUT2D eigenvalue weighted by Gasteiger charge is 2.00. The molecule has 1 aromatic carbocycles. The number of aliphatic carboxylic acids is 1. The first kappa shape index (κ1) is 11.7. The lowest BCUT2D eigenvalue weighted by Crippen LogP contribution is -1.90. The summed E-state index contributed by atoms with van der Waals surface area (Å²) in [6.45, 7) is 0. The van der Waals surface area contributed by atoms with Crippen LogP contribution in [0.2, 0.25) is 0 Å². The zero-order valence-corrected chi connectivity index (χ0v) is 8.67. The maximum Gasteiger partial charge on any atom is 0.307 e. The third-order valence-electron chi connectivity index (χ3n) is 1.82. The van der Waals surface area contributed by atoms with Gasteiger partial charge in [-0.1, -0.05) is 24.3 Å². The van der Waals surface area contributed by atoms with E-state index in [1.807, 2.05) is 0 Å². The lowest BCUT2D eigenvalue weighted by molar-refractivity contribution is -0.135. The number of hydrogen-bond acceptors (Lipinski definition) is 1. The first-order valence-corrected chi connectivity index (χ1v) is 4.89. The van der Waals surface area contributed by atoms with E-state index in [0.717, 1.165) is 0 Å². The molecule has 1 N–H and O–H groups in total. The molecule has 0 heterocycles. The van der Waals surface area contributed by atoms with Crippen LogP contribution in [-0.2, 0) is 10.7 Å². The number of rotatable bonds is 4. The largest absolute Gasteiger partial charge is 0.481 e. The smallest absolute Gasteiger partial charge is 0.307 e. The van der Waals surface area contributed by atoms with Crippen molar-refractivity contribution in [3.05, 3.63) is 41.2 Å². The van der Waals surface area contributed by atoms with Crippen LogP contribution in [0.5, 0.6) is 0 Å². The van der Waals surface area contributed by atoms with Crippen molar-refractivity contribution in [2.75, 3.05) is 0 Å². The Labute approximate surface area is 92.0 Å². The SMILES string of the molecule is O=C(O)CC=Cc1ccc(CCl)c(F)c1. The molecule has 2 nitrogen and oxygen atoms in total. The van der Waals surface area contributed by atoms with Gasteiger partial charge in [-0.2, -0.15) is 0 Å². The molecular formula is C11H10ClFO2. The normalized spacial score (nSPS) is 10.8. The second kappa shape index (κ2) is 5.51. The van der Waals surface area contributed by atoms with Crippen LogP contribution in [-0.4, -0.2) is 11.1 Å². The molecule has 1 aromatic rings. The first-order valence-electron chi connectivity index (χ1n) is 4.36. The van der Waals surface area contributed by atoms with Crippen LogP contribution in [0, 0.1) is 5.82 Å². The Hall–Kier alpha value is -1.35. The van der Waals surface area contributed by atoms with Crippen molar-refractivity contribution in [2.24, 2.45) is 0 Å². The summed E-state index contributed by atoms with van der Waals surface area (Å²) in [6, 6.07) is 4.61. The van der Waals surface area contributed by atoms with E-state index < -0.39 is 5.97 Å². The Kier molecular flexibility index (Phi) is 4.31. The summed E-state index contributed by atoms with van der Waals surface area (Å²) in [7, 11) is 0. The van der Waals surface area contributed by atoms with Gasteiger partial charge in [-0.3, -0.25) is 4.79 Å². The molecule has 4 heteroatoms. The van der Waals surface area contributed by atoms with Crippen molar-refractivity contribution in [2.45, 2.75) is 12.3 Å². The maximum absolute atomic E-state index is 13.2. The molecule has 0 fully saturated rings. The molecule has 0 atom stereocenters. The molecule has 1 rings (SSSR count). The average Bonchev–Trinajstić information content (AvgIpc) is 2.17. The summed E-state index contributed by atoms with van der Waals surface area (Å²) < 4.78 is 13.2. The van der Waals surface area contributed by atoms with Crippen LogP contribution in [0.25, 0.3) is 6.08 Å². The van der Waals surface area contributed by atoms with Crippen LogP contribution in [0.1, 0.15) is 17.5 Å². The van der Waals surface area contributed by atoms with Crippen LogP contribution in [0.15, 0.2) is 24.3 Å². The lowest BCUT2D eigenvalue weighted by Gasteiger charge is -1.99. The molecule has 0 aliphatic carbocycles. The van der Waals surface area contributed by atoms with E-state index in [1.54, 1.807) is 18.2 Å². The van der Waals surface area contributed by atoms with Crippen LogP contribution < -0.4 is 0 Å². The van der Waals surface area contributed by atoms with Crippen molar-refractivity contribution in [1.82, 2.24) is 0 Å². The van der Waals surface area contributed by atoms with Crippen LogP contribution >= 0.6 is 11.6 Å². The summed E-state index contributed by atoms with van der Waals surface area (Å²) in [5, 5.41) is 8.39. The molecule has 0 radical (unpaired) electrons. The van der Waals surface area contributed by atoms with E-state index in [0.29, 0.717) is 11.1 Å². The molecule has 0 spiro atoms. The summed E-state index contributed by atoms with van der Waals surface area (Å²) in [4.78, 5) is 10.2. The summed E-state index contributed by atoms with van der Waals surface area (Å²) in [5.41, 5.74) is 1.06. The highest BCUT2D eigenvalue weighted by Crippen LogP contribution is 2.13. The van der Waals surface area contributed by atoms with Gasteiger partial charge in [0, 0.05) is 5.56 Å². The zero-order chi connectivity index (χ0) is 11.3. The highest BCUT2D eigenvalue weighted by molar-refractivity contribution is 6.17. The molecule has 0 aliphatic heterocycles. The third-order valence-corrected chi connectivity index (χ3v) is 2.11. The minimum absolute atomic E-state index is 0.0706. The number of carbonyl (C=O) groups is 1. The number of carboxylic acids is 1. The van der Waals surface area contributed by atoms with E-state index in [1.165, 1.54) is 12.1 Å². The van der Waals surface area contributed by atoms with Gasteiger partial charge in [0.1, 0.15) is 5.82 Å². The van der Waals surface area contributed by atoms with Gasteiger partial charge in [0.25, 0.3) is 0 Å². The Balaban J connectivity index is 2.75. The van der Waals surface area contributed by atoms with Gasteiger partial charge in [0.2, 0.25) is 0 Å². The van der Waals surface area contributed by atoms with E-state index in [-0.39, 0.29) is 18.1 Å². The second-order valence-electron chi connectivity index (χ2n) is 2.98. The van der Waals surface area contributed by atoms with E-state index in [4.69, 9.17) is 16.7 Å². The molecule has 0 unspecified atom stereocenters.